The summed E-state index contributed by atoms with van der Waals surface area (Å²) in [4.78, 5) is 13.9. The van der Waals surface area contributed by atoms with Crippen molar-refractivity contribution in [3.05, 3.63) is 52.4 Å². The minimum Gasteiger partial charge on any atom is -0.351 e. The fourth-order valence-corrected chi connectivity index (χ4v) is 5.33. The largest absolute Gasteiger partial charge is 0.351 e. The van der Waals surface area contributed by atoms with Crippen molar-refractivity contribution in [2.24, 2.45) is 0 Å². The Bertz CT molecular complexity index is 922. The van der Waals surface area contributed by atoms with Gasteiger partial charge in [0.2, 0.25) is 15.9 Å². The fraction of sp³-hybridized carbons (Fsp3) is 0.278. The number of carbonyl (C=O) groups is 1. The number of benzene rings is 1. The Morgan fingerprint density at radius 2 is 2.15 bits per heavy atom. The quantitative estimate of drug-likeness (QED) is 0.743. The number of sulfonamides is 1. The van der Waals surface area contributed by atoms with Crippen molar-refractivity contribution in [1.82, 2.24) is 9.62 Å². The number of halogens is 1. The molecule has 1 N–H and O–H groups in total. The Kier molecular flexibility index (Phi) is 6.13. The van der Waals surface area contributed by atoms with Gasteiger partial charge in [-0.2, -0.15) is 0 Å². The molecule has 1 saturated heterocycles. The second-order valence-corrected chi connectivity index (χ2v) is 9.55. The van der Waals surface area contributed by atoms with Crippen molar-refractivity contribution in [2.75, 3.05) is 25.4 Å². The van der Waals surface area contributed by atoms with Crippen LogP contribution in [0.2, 0.25) is 5.02 Å². The van der Waals surface area contributed by atoms with E-state index in [4.69, 9.17) is 11.6 Å². The Labute approximate surface area is 162 Å². The van der Waals surface area contributed by atoms with Gasteiger partial charge in [0.25, 0.3) is 0 Å². The summed E-state index contributed by atoms with van der Waals surface area (Å²) in [6, 6.07) is 11.6. The van der Waals surface area contributed by atoms with Crippen LogP contribution in [0.4, 0.5) is 0 Å². The highest BCUT2D eigenvalue weighted by molar-refractivity contribution is 7.89. The fourth-order valence-electron chi connectivity index (χ4n) is 2.70. The molecule has 2 heterocycles. The van der Waals surface area contributed by atoms with Crippen LogP contribution in [0.25, 0.3) is 16.5 Å². The van der Waals surface area contributed by atoms with Gasteiger partial charge in [-0.3, -0.25) is 4.79 Å². The zero-order valence-electron chi connectivity index (χ0n) is 14.0. The van der Waals surface area contributed by atoms with Crippen LogP contribution in [0.1, 0.15) is 11.3 Å². The first-order valence-electron chi connectivity index (χ1n) is 8.23. The summed E-state index contributed by atoms with van der Waals surface area (Å²) >= 11 is 7.58. The molecule has 0 bridgehead atoms. The van der Waals surface area contributed by atoms with Crippen LogP contribution in [0.15, 0.2) is 42.5 Å². The molecule has 1 aliphatic heterocycles. The lowest BCUT2D eigenvalue weighted by Gasteiger charge is -2.13. The molecule has 0 saturated carbocycles. The molecule has 0 spiro atoms. The number of amides is 1. The first-order valence-corrected chi connectivity index (χ1v) is 11.0. The third-order valence-corrected chi connectivity index (χ3v) is 7.29. The predicted molar refractivity (Wildman–Crippen MR) is 107 cm³/mol. The lowest BCUT2D eigenvalue weighted by Crippen LogP contribution is -2.35. The van der Waals surface area contributed by atoms with Crippen LogP contribution >= 0.6 is 22.9 Å². The van der Waals surface area contributed by atoms with Gasteiger partial charge in [-0.25, -0.2) is 12.7 Å². The van der Waals surface area contributed by atoms with Crippen LogP contribution in [0, 0.1) is 0 Å². The lowest BCUT2D eigenvalue weighted by atomic mass is 10.2. The zero-order chi connectivity index (χ0) is 18.6. The summed E-state index contributed by atoms with van der Waals surface area (Å²) < 4.78 is 24.8. The Morgan fingerprint density at radius 3 is 2.88 bits per heavy atom. The molecule has 1 amide bonds. The smallest absolute Gasteiger partial charge is 0.244 e. The first kappa shape index (κ1) is 19.1. The maximum absolute atomic E-state index is 11.9. The van der Waals surface area contributed by atoms with Crippen LogP contribution in [0.5, 0.6) is 0 Å². The molecule has 0 radical (unpaired) electrons. The molecular formula is C18H19ClN2O3S2. The molecule has 138 valence electrons. The van der Waals surface area contributed by atoms with E-state index in [1.54, 1.807) is 17.4 Å². The minimum atomic E-state index is -3.11. The van der Waals surface area contributed by atoms with E-state index in [1.165, 1.54) is 10.4 Å². The Morgan fingerprint density at radius 1 is 1.31 bits per heavy atom. The van der Waals surface area contributed by atoms with Crippen LogP contribution in [-0.4, -0.2) is 44.0 Å². The van der Waals surface area contributed by atoms with Crippen molar-refractivity contribution in [3.63, 3.8) is 0 Å². The topological polar surface area (TPSA) is 66.5 Å². The molecule has 0 atom stereocenters. The normalized spacial score (nSPS) is 17.0. The van der Waals surface area contributed by atoms with Gasteiger partial charge in [0.1, 0.15) is 0 Å². The standard InChI is InChI=1S/C18H19ClN2O3S2/c19-15-4-1-3-14(13-15)17-7-5-16(25-17)6-8-18(22)20-9-11-21-10-2-12-26(21,23)24/h1,3-8,13H,2,9-12H2,(H,20,22)/b8-6+. The van der Waals surface area contributed by atoms with Gasteiger partial charge in [0.05, 0.1) is 5.75 Å². The van der Waals surface area contributed by atoms with E-state index in [2.05, 4.69) is 5.32 Å². The van der Waals surface area contributed by atoms with Crippen molar-refractivity contribution >= 4 is 44.9 Å². The van der Waals surface area contributed by atoms with Crippen molar-refractivity contribution in [1.29, 1.82) is 0 Å². The third-order valence-electron chi connectivity index (χ3n) is 4.00. The molecule has 1 fully saturated rings. The molecule has 5 nitrogen and oxygen atoms in total. The average Bonchev–Trinajstić information content (AvgIpc) is 3.20. The number of hydrogen-bond donors (Lipinski definition) is 1. The van der Waals surface area contributed by atoms with Crippen LogP contribution < -0.4 is 5.32 Å². The maximum Gasteiger partial charge on any atom is 0.244 e. The highest BCUT2D eigenvalue weighted by Gasteiger charge is 2.27. The molecule has 3 rings (SSSR count). The van der Waals surface area contributed by atoms with Gasteiger partial charge in [0, 0.05) is 40.5 Å². The SMILES string of the molecule is O=C(/C=C/c1ccc(-c2cccc(Cl)c2)s1)NCCN1CCCS1(=O)=O. The Balaban J connectivity index is 1.51. The summed E-state index contributed by atoms with van der Waals surface area (Å²) in [5.41, 5.74) is 1.04. The van der Waals surface area contributed by atoms with E-state index in [9.17, 15) is 13.2 Å². The second kappa shape index (κ2) is 8.35. The van der Waals surface area contributed by atoms with Gasteiger partial charge < -0.3 is 5.32 Å². The number of nitrogens with one attached hydrogen (secondary N) is 1. The Hall–Kier alpha value is -1.67. The molecule has 26 heavy (non-hydrogen) atoms. The van der Waals surface area contributed by atoms with E-state index in [0.717, 1.165) is 15.3 Å². The monoisotopic (exact) mass is 410 g/mol. The summed E-state index contributed by atoms with van der Waals surface area (Å²) in [6.07, 6.45) is 3.87. The number of rotatable bonds is 6. The van der Waals surface area contributed by atoms with Gasteiger partial charge in [-0.1, -0.05) is 23.7 Å². The van der Waals surface area contributed by atoms with Crippen LogP contribution in [0.3, 0.4) is 0 Å². The molecule has 0 unspecified atom stereocenters. The van der Waals surface area contributed by atoms with E-state index in [0.29, 0.717) is 31.1 Å². The first-order chi connectivity index (χ1) is 12.4. The molecule has 1 aromatic heterocycles. The minimum absolute atomic E-state index is 0.203. The molecule has 2 aromatic rings. The van der Waals surface area contributed by atoms with E-state index >= 15 is 0 Å². The average molecular weight is 411 g/mol. The molecular weight excluding hydrogens is 392 g/mol. The number of carbonyl (C=O) groups excluding carboxylic acids is 1. The van der Waals surface area contributed by atoms with Crippen LogP contribution in [-0.2, 0) is 14.8 Å². The summed E-state index contributed by atoms with van der Waals surface area (Å²) in [6.45, 7) is 1.16. The molecule has 1 aliphatic rings. The van der Waals surface area contributed by atoms with Gasteiger partial charge in [0.15, 0.2) is 0 Å². The number of thiophene rings is 1. The maximum atomic E-state index is 11.9. The highest BCUT2D eigenvalue weighted by Crippen LogP contribution is 2.30. The zero-order valence-corrected chi connectivity index (χ0v) is 16.4. The van der Waals surface area contributed by atoms with E-state index in [1.807, 2.05) is 36.4 Å². The van der Waals surface area contributed by atoms with Gasteiger partial charge in [-0.15, -0.1) is 11.3 Å². The van der Waals surface area contributed by atoms with Crippen molar-refractivity contribution in [2.45, 2.75) is 6.42 Å². The predicted octanol–water partition coefficient (Wildman–Crippen LogP) is 3.23. The summed E-state index contributed by atoms with van der Waals surface area (Å²) in [5.74, 6) is -0.0342. The summed E-state index contributed by atoms with van der Waals surface area (Å²) in [7, 11) is -3.11. The molecule has 1 aromatic carbocycles. The highest BCUT2D eigenvalue weighted by atomic mass is 35.5. The van der Waals surface area contributed by atoms with E-state index in [-0.39, 0.29) is 11.7 Å². The van der Waals surface area contributed by atoms with Gasteiger partial charge >= 0.3 is 0 Å². The lowest BCUT2D eigenvalue weighted by molar-refractivity contribution is -0.116. The summed E-state index contributed by atoms with van der Waals surface area (Å²) in [5, 5.41) is 3.41. The van der Waals surface area contributed by atoms with Gasteiger partial charge in [-0.05, 0) is 42.3 Å². The third kappa shape index (κ3) is 4.94. The van der Waals surface area contributed by atoms with Crippen molar-refractivity contribution in [3.8, 4) is 10.4 Å². The van der Waals surface area contributed by atoms with E-state index < -0.39 is 10.0 Å². The molecule has 8 heteroatoms. The molecule has 0 aliphatic carbocycles. The number of hydrogen-bond acceptors (Lipinski definition) is 4. The number of nitrogens with zero attached hydrogens (tertiary/aromatic N) is 1. The second-order valence-electron chi connectivity index (χ2n) is 5.91. The van der Waals surface area contributed by atoms with Crippen molar-refractivity contribution < 1.29 is 13.2 Å².